The third-order valence-corrected chi connectivity index (χ3v) is 4.43. The van der Waals surface area contributed by atoms with E-state index in [1.165, 1.54) is 4.57 Å². The SMILES string of the molecule is O=c1cc(-c2ccccc2)sc(=O)n1CCc1ccccc1. The smallest absolute Gasteiger partial charge is 0.269 e. The van der Waals surface area contributed by atoms with E-state index in [9.17, 15) is 9.59 Å². The van der Waals surface area contributed by atoms with Gasteiger partial charge in [-0.3, -0.25) is 14.2 Å². The van der Waals surface area contributed by atoms with Crippen molar-refractivity contribution in [2.24, 2.45) is 0 Å². The molecule has 1 aromatic heterocycles. The predicted octanol–water partition coefficient (Wildman–Crippen LogP) is 3.18. The van der Waals surface area contributed by atoms with Crippen molar-refractivity contribution in [2.75, 3.05) is 0 Å². The summed E-state index contributed by atoms with van der Waals surface area (Å²) in [5.41, 5.74) is 1.78. The summed E-state index contributed by atoms with van der Waals surface area (Å²) in [6.45, 7) is 0.410. The topological polar surface area (TPSA) is 39.1 Å². The molecule has 3 rings (SSSR count). The molecule has 22 heavy (non-hydrogen) atoms. The first-order chi connectivity index (χ1) is 10.7. The van der Waals surface area contributed by atoms with E-state index in [4.69, 9.17) is 0 Å². The van der Waals surface area contributed by atoms with Crippen molar-refractivity contribution in [3.63, 3.8) is 0 Å². The lowest BCUT2D eigenvalue weighted by atomic mass is 10.1. The highest BCUT2D eigenvalue weighted by molar-refractivity contribution is 7.12. The minimum atomic E-state index is -0.237. The molecule has 0 unspecified atom stereocenters. The molecular weight excluding hydrogens is 294 g/mol. The molecular formula is C18H15NO2S. The molecule has 4 heteroatoms. The van der Waals surface area contributed by atoms with Crippen LogP contribution in [0.2, 0.25) is 0 Å². The highest BCUT2D eigenvalue weighted by Crippen LogP contribution is 2.19. The van der Waals surface area contributed by atoms with E-state index < -0.39 is 0 Å². The van der Waals surface area contributed by atoms with Crippen LogP contribution in [0.1, 0.15) is 5.56 Å². The van der Waals surface area contributed by atoms with Gasteiger partial charge < -0.3 is 0 Å². The number of benzene rings is 2. The molecule has 0 aliphatic rings. The van der Waals surface area contributed by atoms with Crippen molar-refractivity contribution in [2.45, 2.75) is 13.0 Å². The summed E-state index contributed by atoms with van der Waals surface area (Å²) >= 11 is 1.11. The van der Waals surface area contributed by atoms with E-state index in [0.717, 1.165) is 22.5 Å². The molecule has 0 amide bonds. The molecule has 0 spiro atoms. The van der Waals surface area contributed by atoms with Gasteiger partial charge in [0.25, 0.3) is 5.56 Å². The maximum Gasteiger partial charge on any atom is 0.310 e. The summed E-state index contributed by atoms with van der Waals surface area (Å²) in [7, 11) is 0. The molecule has 2 aromatic carbocycles. The summed E-state index contributed by atoms with van der Waals surface area (Å²) in [4.78, 5) is 25.0. The third kappa shape index (κ3) is 3.23. The molecule has 0 aliphatic heterocycles. The maximum absolute atomic E-state index is 12.2. The van der Waals surface area contributed by atoms with E-state index in [0.29, 0.717) is 17.8 Å². The number of nitrogens with zero attached hydrogens (tertiary/aromatic N) is 1. The zero-order chi connectivity index (χ0) is 15.4. The van der Waals surface area contributed by atoms with Crippen molar-refractivity contribution in [3.05, 3.63) is 92.3 Å². The van der Waals surface area contributed by atoms with E-state index in [2.05, 4.69) is 0 Å². The molecule has 0 bridgehead atoms. The number of hydrogen-bond donors (Lipinski definition) is 0. The molecule has 110 valence electrons. The van der Waals surface area contributed by atoms with E-state index in [1.54, 1.807) is 6.07 Å². The monoisotopic (exact) mass is 309 g/mol. The van der Waals surface area contributed by atoms with Crippen molar-refractivity contribution in [3.8, 4) is 10.4 Å². The van der Waals surface area contributed by atoms with Crippen molar-refractivity contribution >= 4 is 11.3 Å². The van der Waals surface area contributed by atoms with Crippen molar-refractivity contribution in [1.82, 2.24) is 4.57 Å². The molecule has 3 nitrogen and oxygen atoms in total. The Hall–Kier alpha value is -2.46. The lowest BCUT2D eigenvalue weighted by molar-refractivity contribution is 0.659. The van der Waals surface area contributed by atoms with Crippen LogP contribution in [0.5, 0.6) is 0 Å². The van der Waals surface area contributed by atoms with Crippen LogP contribution in [0.15, 0.2) is 76.3 Å². The summed E-state index contributed by atoms with van der Waals surface area (Å²) in [6, 6.07) is 20.9. The lowest BCUT2D eigenvalue weighted by Gasteiger charge is -2.06. The quantitative estimate of drug-likeness (QED) is 0.742. The Kier molecular flexibility index (Phi) is 4.30. The molecule has 0 radical (unpaired) electrons. The second-order valence-corrected chi connectivity index (χ2v) is 5.96. The van der Waals surface area contributed by atoms with Crippen molar-refractivity contribution < 1.29 is 0 Å². The molecule has 1 heterocycles. The number of hydrogen-bond acceptors (Lipinski definition) is 3. The number of aromatic nitrogens is 1. The van der Waals surface area contributed by atoms with Crippen LogP contribution in [0.3, 0.4) is 0 Å². The van der Waals surface area contributed by atoms with Crippen LogP contribution >= 0.6 is 11.3 Å². The van der Waals surface area contributed by atoms with Crippen LogP contribution < -0.4 is 10.4 Å². The van der Waals surface area contributed by atoms with Gasteiger partial charge in [0, 0.05) is 17.5 Å². The number of rotatable bonds is 4. The zero-order valence-corrected chi connectivity index (χ0v) is 12.8. The molecule has 3 aromatic rings. The van der Waals surface area contributed by atoms with Crippen molar-refractivity contribution in [1.29, 1.82) is 0 Å². The molecule has 0 fully saturated rings. The molecule has 0 saturated heterocycles. The Morgan fingerprint density at radius 2 is 1.50 bits per heavy atom. The Bertz CT molecular complexity index is 836. The van der Waals surface area contributed by atoms with Gasteiger partial charge in [-0.1, -0.05) is 72.0 Å². The largest absolute Gasteiger partial charge is 0.310 e. The minimum Gasteiger partial charge on any atom is -0.269 e. The third-order valence-electron chi connectivity index (χ3n) is 3.46. The van der Waals surface area contributed by atoms with Gasteiger partial charge in [-0.25, -0.2) is 0 Å². The number of aryl methyl sites for hydroxylation is 1. The normalized spacial score (nSPS) is 10.5. The van der Waals surface area contributed by atoms with Gasteiger partial charge in [-0.05, 0) is 17.5 Å². The predicted molar refractivity (Wildman–Crippen MR) is 90.4 cm³/mol. The van der Waals surface area contributed by atoms with Crippen LogP contribution in [-0.2, 0) is 13.0 Å². The van der Waals surface area contributed by atoms with Gasteiger partial charge in [-0.15, -0.1) is 0 Å². The Labute approximate surface area is 132 Å². The highest BCUT2D eigenvalue weighted by Gasteiger charge is 2.07. The van der Waals surface area contributed by atoms with Crippen LogP contribution in [0, 0.1) is 0 Å². The van der Waals surface area contributed by atoms with Gasteiger partial charge in [0.1, 0.15) is 0 Å². The van der Waals surface area contributed by atoms with Gasteiger partial charge in [0.05, 0.1) is 0 Å². The first-order valence-electron chi connectivity index (χ1n) is 7.08. The van der Waals surface area contributed by atoms with Crippen LogP contribution in [0.4, 0.5) is 0 Å². The summed E-state index contributed by atoms with van der Waals surface area (Å²) in [6.07, 6.45) is 0.674. The van der Waals surface area contributed by atoms with Gasteiger partial charge in [-0.2, -0.15) is 0 Å². The van der Waals surface area contributed by atoms with Crippen LogP contribution in [-0.4, -0.2) is 4.57 Å². The minimum absolute atomic E-state index is 0.206. The van der Waals surface area contributed by atoms with E-state index in [1.807, 2.05) is 60.7 Å². The first-order valence-corrected chi connectivity index (χ1v) is 7.90. The van der Waals surface area contributed by atoms with Gasteiger partial charge >= 0.3 is 4.87 Å². The summed E-state index contributed by atoms with van der Waals surface area (Å²) in [5, 5.41) is 0. The standard InChI is InChI=1S/C18H15NO2S/c20-17-13-16(15-9-5-2-6-10-15)22-18(21)19(17)12-11-14-7-3-1-4-8-14/h1-10,13H,11-12H2. The van der Waals surface area contributed by atoms with Gasteiger partial charge in [0.2, 0.25) is 0 Å². The lowest BCUT2D eigenvalue weighted by Crippen LogP contribution is -2.31. The van der Waals surface area contributed by atoms with E-state index in [-0.39, 0.29) is 10.4 Å². The molecule has 0 aliphatic carbocycles. The molecule has 0 N–H and O–H groups in total. The molecule has 0 saturated carbocycles. The Morgan fingerprint density at radius 1 is 0.864 bits per heavy atom. The fourth-order valence-corrected chi connectivity index (χ4v) is 3.18. The van der Waals surface area contributed by atoms with Gasteiger partial charge in [0.15, 0.2) is 0 Å². The maximum atomic E-state index is 12.2. The highest BCUT2D eigenvalue weighted by atomic mass is 32.1. The zero-order valence-electron chi connectivity index (χ0n) is 11.9. The summed E-state index contributed by atoms with van der Waals surface area (Å²) < 4.78 is 1.31. The Morgan fingerprint density at radius 3 is 2.14 bits per heavy atom. The summed E-state index contributed by atoms with van der Waals surface area (Å²) in [5.74, 6) is 0. The van der Waals surface area contributed by atoms with E-state index >= 15 is 0 Å². The molecule has 0 atom stereocenters. The second kappa shape index (κ2) is 6.54. The van der Waals surface area contributed by atoms with Crippen LogP contribution in [0.25, 0.3) is 10.4 Å². The first kappa shape index (κ1) is 14.5. The Balaban J connectivity index is 1.88. The average molecular weight is 309 g/mol. The fourth-order valence-electron chi connectivity index (χ4n) is 2.29. The fraction of sp³-hybridized carbons (Fsp3) is 0.111. The average Bonchev–Trinajstić information content (AvgIpc) is 2.56. The second-order valence-electron chi connectivity index (χ2n) is 4.97.